The first-order valence-corrected chi connectivity index (χ1v) is 13.1. The van der Waals surface area contributed by atoms with Crippen molar-refractivity contribution >= 4 is 5.97 Å². The zero-order valence-electron chi connectivity index (χ0n) is 20.2. The van der Waals surface area contributed by atoms with Crippen molar-refractivity contribution in [2.45, 2.75) is 83.7 Å². The lowest BCUT2D eigenvalue weighted by Gasteiger charge is -2.45. The van der Waals surface area contributed by atoms with Crippen molar-refractivity contribution in [3.05, 3.63) is 36.4 Å². The van der Waals surface area contributed by atoms with E-state index in [4.69, 9.17) is 4.74 Å². The molecule has 0 heterocycles. The van der Waals surface area contributed by atoms with Gasteiger partial charge in [-0.3, -0.25) is 4.79 Å². The molecule has 0 amide bonds. The van der Waals surface area contributed by atoms with E-state index in [1.54, 1.807) is 0 Å². The first-order valence-electron chi connectivity index (χ1n) is 13.1. The van der Waals surface area contributed by atoms with Crippen LogP contribution in [0.4, 0.5) is 17.6 Å². The van der Waals surface area contributed by atoms with Gasteiger partial charge in [-0.2, -0.15) is 8.78 Å². The van der Waals surface area contributed by atoms with Crippen LogP contribution in [0.1, 0.15) is 77.0 Å². The van der Waals surface area contributed by atoms with Crippen molar-refractivity contribution < 1.29 is 31.8 Å². The van der Waals surface area contributed by atoms with Gasteiger partial charge in [0.25, 0.3) is 0 Å². The minimum atomic E-state index is -3.35. The lowest BCUT2D eigenvalue weighted by molar-refractivity contribution is -0.140. The molecule has 3 aliphatic carbocycles. The molecule has 7 heteroatoms. The third kappa shape index (κ3) is 6.59. The van der Waals surface area contributed by atoms with Crippen LogP contribution < -0.4 is 9.47 Å². The van der Waals surface area contributed by atoms with Crippen LogP contribution in [0.15, 0.2) is 24.8 Å². The maximum atomic E-state index is 13.9. The van der Waals surface area contributed by atoms with Crippen molar-refractivity contribution in [1.82, 2.24) is 0 Å². The van der Waals surface area contributed by atoms with E-state index in [2.05, 4.69) is 11.3 Å². The summed E-state index contributed by atoms with van der Waals surface area (Å²) < 4.78 is 61.5. The second kappa shape index (κ2) is 11.8. The SMILES string of the molecule is C=CCCC1CCC2CC(C3CCC(C(=O)Oc4cc(F)c(OC(F)F)c(F)c4)CC3)CCC2C1. The predicted octanol–water partition coefficient (Wildman–Crippen LogP) is 8.08. The van der Waals surface area contributed by atoms with Gasteiger partial charge in [-0.25, -0.2) is 8.78 Å². The van der Waals surface area contributed by atoms with E-state index in [0.717, 1.165) is 42.9 Å². The van der Waals surface area contributed by atoms with Gasteiger partial charge in [0.05, 0.1) is 5.92 Å². The summed E-state index contributed by atoms with van der Waals surface area (Å²) in [6.07, 6.45) is 15.8. The van der Waals surface area contributed by atoms with Crippen LogP contribution in [0.2, 0.25) is 0 Å². The molecule has 1 aromatic rings. The fourth-order valence-corrected chi connectivity index (χ4v) is 6.89. The van der Waals surface area contributed by atoms with E-state index in [1.165, 1.54) is 44.9 Å². The minimum Gasteiger partial charge on any atom is -0.429 e. The highest BCUT2D eigenvalue weighted by atomic mass is 19.3. The number of carbonyl (C=O) groups is 1. The number of ether oxygens (including phenoxy) is 2. The summed E-state index contributed by atoms with van der Waals surface area (Å²) in [6.45, 7) is 0.505. The van der Waals surface area contributed by atoms with Gasteiger partial charge in [-0.15, -0.1) is 6.58 Å². The van der Waals surface area contributed by atoms with E-state index >= 15 is 0 Å². The molecule has 4 atom stereocenters. The van der Waals surface area contributed by atoms with Gasteiger partial charge < -0.3 is 9.47 Å². The molecule has 4 unspecified atom stereocenters. The van der Waals surface area contributed by atoms with Crippen LogP contribution in [0.3, 0.4) is 0 Å². The first kappa shape index (κ1) is 26.0. The summed E-state index contributed by atoms with van der Waals surface area (Å²) in [5.74, 6) is -1.08. The second-order valence-electron chi connectivity index (χ2n) is 10.8. The molecule has 0 saturated heterocycles. The third-order valence-electron chi connectivity index (χ3n) is 8.71. The second-order valence-corrected chi connectivity index (χ2v) is 10.8. The Morgan fingerprint density at radius 3 is 2.11 bits per heavy atom. The molecular formula is C28H36F4O3. The highest BCUT2D eigenvalue weighted by molar-refractivity contribution is 5.75. The summed E-state index contributed by atoms with van der Waals surface area (Å²) in [6, 6.07) is 1.41. The lowest BCUT2D eigenvalue weighted by atomic mass is 9.60. The van der Waals surface area contributed by atoms with E-state index in [1.807, 2.05) is 6.08 Å². The summed E-state index contributed by atoms with van der Waals surface area (Å²) in [4.78, 5) is 12.6. The first-order chi connectivity index (χ1) is 16.8. The molecule has 1 aromatic carbocycles. The van der Waals surface area contributed by atoms with Crippen molar-refractivity contribution in [2.75, 3.05) is 0 Å². The number of allylic oxidation sites excluding steroid dienone is 1. The molecule has 0 spiro atoms. The largest absolute Gasteiger partial charge is 0.429 e. The Hall–Kier alpha value is -2.05. The van der Waals surface area contributed by atoms with Crippen LogP contribution in [0.5, 0.6) is 11.5 Å². The van der Waals surface area contributed by atoms with Crippen molar-refractivity contribution in [3.63, 3.8) is 0 Å². The Labute approximate surface area is 205 Å². The Balaban J connectivity index is 1.24. The fourth-order valence-electron chi connectivity index (χ4n) is 6.89. The Bertz CT molecular complexity index is 858. The van der Waals surface area contributed by atoms with E-state index < -0.39 is 30.0 Å². The zero-order chi connectivity index (χ0) is 24.9. The summed E-state index contributed by atoms with van der Waals surface area (Å²) in [7, 11) is 0. The molecule has 3 saturated carbocycles. The number of hydrogen-bond acceptors (Lipinski definition) is 3. The van der Waals surface area contributed by atoms with Crippen LogP contribution in [-0.4, -0.2) is 12.6 Å². The van der Waals surface area contributed by atoms with Gasteiger partial charge in [0, 0.05) is 12.1 Å². The van der Waals surface area contributed by atoms with Crippen LogP contribution in [-0.2, 0) is 4.79 Å². The quantitative estimate of drug-likeness (QED) is 0.158. The average molecular weight is 497 g/mol. The van der Waals surface area contributed by atoms with Crippen molar-refractivity contribution in [2.24, 2.45) is 35.5 Å². The number of carbonyl (C=O) groups excluding carboxylic acids is 1. The number of alkyl halides is 2. The minimum absolute atomic E-state index is 0.314. The third-order valence-corrected chi connectivity index (χ3v) is 8.71. The molecule has 3 nitrogen and oxygen atoms in total. The van der Waals surface area contributed by atoms with Crippen LogP contribution >= 0.6 is 0 Å². The number of benzene rings is 1. The van der Waals surface area contributed by atoms with Gasteiger partial charge in [0.2, 0.25) is 0 Å². The molecule has 3 fully saturated rings. The van der Waals surface area contributed by atoms with Gasteiger partial charge in [0.1, 0.15) is 5.75 Å². The summed E-state index contributed by atoms with van der Waals surface area (Å²) in [5, 5.41) is 0. The van der Waals surface area contributed by atoms with Gasteiger partial charge >= 0.3 is 12.6 Å². The molecule has 3 aliphatic rings. The van der Waals surface area contributed by atoms with Crippen molar-refractivity contribution in [1.29, 1.82) is 0 Å². The number of fused-ring (bicyclic) bond motifs is 1. The van der Waals surface area contributed by atoms with Crippen molar-refractivity contribution in [3.8, 4) is 11.5 Å². The maximum absolute atomic E-state index is 13.9. The van der Waals surface area contributed by atoms with E-state index in [0.29, 0.717) is 30.9 Å². The monoisotopic (exact) mass is 496 g/mol. The number of halogens is 4. The Morgan fingerprint density at radius 1 is 0.914 bits per heavy atom. The smallest absolute Gasteiger partial charge is 0.387 e. The molecule has 0 aliphatic heterocycles. The number of hydrogen-bond donors (Lipinski definition) is 0. The van der Waals surface area contributed by atoms with Gasteiger partial charge in [0.15, 0.2) is 17.4 Å². The molecular weight excluding hydrogens is 460 g/mol. The average Bonchev–Trinajstić information content (AvgIpc) is 2.84. The van der Waals surface area contributed by atoms with Crippen LogP contribution in [0, 0.1) is 47.1 Å². The maximum Gasteiger partial charge on any atom is 0.387 e. The number of rotatable bonds is 8. The molecule has 0 aromatic heterocycles. The fraction of sp³-hybridized carbons (Fsp3) is 0.679. The van der Waals surface area contributed by atoms with E-state index in [-0.39, 0.29) is 11.7 Å². The molecule has 0 radical (unpaired) electrons. The molecule has 194 valence electrons. The van der Waals surface area contributed by atoms with E-state index in [9.17, 15) is 22.4 Å². The zero-order valence-corrected chi connectivity index (χ0v) is 20.2. The number of esters is 1. The normalized spacial score (nSPS) is 31.0. The Kier molecular flexibility index (Phi) is 8.77. The summed E-state index contributed by atoms with van der Waals surface area (Å²) in [5.41, 5.74) is 0. The van der Waals surface area contributed by atoms with Gasteiger partial charge in [-0.1, -0.05) is 12.5 Å². The molecule has 35 heavy (non-hydrogen) atoms. The molecule has 4 rings (SSSR count). The molecule has 0 bridgehead atoms. The van der Waals surface area contributed by atoms with Gasteiger partial charge in [-0.05, 0) is 100 Å². The highest BCUT2D eigenvalue weighted by Crippen LogP contribution is 2.49. The highest BCUT2D eigenvalue weighted by Gasteiger charge is 2.39. The predicted molar refractivity (Wildman–Crippen MR) is 125 cm³/mol. The lowest BCUT2D eigenvalue weighted by Crippen LogP contribution is -2.35. The topological polar surface area (TPSA) is 35.5 Å². The van der Waals surface area contributed by atoms with Crippen LogP contribution in [0.25, 0.3) is 0 Å². The molecule has 0 N–H and O–H groups in total. The Morgan fingerprint density at radius 2 is 1.49 bits per heavy atom. The standard InChI is InChI=1S/C28H36F4O3/c1-2-3-4-17-5-6-22-14-21(12-11-20(22)13-17)18-7-9-19(10-8-18)27(33)34-23-15-24(29)26(25(30)16-23)35-28(31)32/h2,15-22,28H,1,3-14H2. The summed E-state index contributed by atoms with van der Waals surface area (Å²) >= 11 is 0.